The molecule has 1 N–H and O–H groups in total. The minimum atomic E-state index is 0.391. The maximum absolute atomic E-state index is 4.23. The summed E-state index contributed by atoms with van der Waals surface area (Å²) >= 11 is 0. The molecule has 1 aromatic heterocycles. The van der Waals surface area contributed by atoms with Crippen molar-refractivity contribution in [3.8, 4) is 0 Å². The number of hydrogen-bond acceptors (Lipinski definition) is 4. The summed E-state index contributed by atoms with van der Waals surface area (Å²) < 4.78 is 0. The number of likely N-dealkylation sites (N-methyl/N-ethyl adjacent to an activating group) is 1. The Labute approximate surface area is 110 Å². The molecule has 0 saturated heterocycles. The highest BCUT2D eigenvalue weighted by Gasteiger charge is 2.19. The van der Waals surface area contributed by atoms with Gasteiger partial charge in [0.05, 0.1) is 7.05 Å². The highest BCUT2D eigenvalue weighted by atomic mass is 15.6. The van der Waals surface area contributed by atoms with Gasteiger partial charge >= 0.3 is 0 Å². The second kappa shape index (κ2) is 6.27. The molecule has 0 bridgehead atoms. The molecule has 1 rings (SSSR count). The van der Waals surface area contributed by atoms with Crippen LogP contribution in [0, 0.1) is 11.3 Å². The molecule has 1 aromatic rings. The number of aryl methyl sites for hydroxylation is 1. The molecule has 0 fully saturated rings. The third-order valence-electron chi connectivity index (χ3n) is 3.03. The molecule has 2 atom stereocenters. The van der Waals surface area contributed by atoms with E-state index in [1.54, 1.807) is 7.05 Å². The molecule has 5 heteroatoms. The molecule has 0 amide bonds. The monoisotopic (exact) mass is 253 g/mol. The van der Waals surface area contributed by atoms with Gasteiger partial charge in [-0.2, -0.15) is 4.80 Å². The number of aromatic nitrogens is 4. The summed E-state index contributed by atoms with van der Waals surface area (Å²) in [6, 6.07) is 0.423. The summed E-state index contributed by atoms with van der Waals surface area (Å²) in [5.41, 5.74) is 0.391. The van der Waals surface area contributed by atoms with Crippen molar-refractivity contribution in [3.63, 3.8) is 0 Å². The van der Waals surface area contributed by atoms with E-state index in [1.165, 1.54) is 11.2 Å². The van der Waals surface area contributed by atoms with E-state index in [2.05, 4.69) is 48.4 Å². The largest absolute Gasteiger partial charge is 0.317 e. The Bertz CT molecular complexity index is 353. The van der Waals surface area contributed by atoms with Gasteiger partial charge in [-0.1, -0.05) is 27.7 Å². The van der Waals surface area contributed by atoms with Crippen molar-refractivity contribution >= 4 is 0 Å². The molecule has 0 saturated carbocycles. The number of nitrogens with one attached hydrogen (secondary N) is 1. The number of nitrogens with zero attached hydrogens (tertiary/aromatic N) is 4. The second-order valence-corrected chi connectivity index (χ2v) is 6.49. The van der Waals surface area contributed by atoms with Crippen LogP contribution < -0.4 is 5.32 Å². The Hall–Kier alpha value is -0.970. The van der Waals surface area contributed by atoms with Gasteiger partial charge < -0.3 is 5.32 Å². The maximum Gasteiger partial charge on any atom is 0.176 e. The molecule has 0 aliphatic rings. The lowest BCUT2D eigenvalue weighted by Crippen LogP contribution is -2.31. The Morgan fingerprint density at radius 2 is 2.00 bits per heavy atom. The van der Waals surface area contributed by atoms with E-state index < -0.39 is 0 Å². The van der Waals surface area contributed by atoms with Crippen LogP contribution in [0.3, 0.4) is 0 Å². The average molecular weight is 253 g/mol. The van der Waals surface area contributed by atoms with Gasteiger partial charge in [-0.15, -0.1) is 10.2 Å². The lowest BCUT2D eigenvalue weighted by atomic mass is 9.82. The van der Waals surface area contributed by atoms with Gasteiger partial charge in [-0.3, -0.25) is 0 Å². The number of hydrogen-bond donors (Lipinski definition) is 1. The van der Waals surface area contributed by atoms with E-state index in [0.717, 1.165) is 18.7 Å². The van der Waals surface area contributed by atoms with Gasteiger partial charge in [0.1, 0.15) is 0 Å². The van der Waals surface area contributed by atoms with Gasteiger partial charge in [-0.05, 0) is 36.4 Å². The third-order valence-corrected chi connectivity index (χ3v) is 3.03. The first-order chi connectivity index (χ1) is 8.30. The van der Waals surface area contributed by atoms with E-state index in [9.17, 15) is 0 Å². The zero-order valence-corrected chi connectivity index (χ0v) is 12.6. The molecular weight excluding hydrogens is 226 g/mol. The first-order valence-electron chi connectivity index (χ1n) is 6.70. The molecule has 0 aromatic carbocycles. The summed E-state index contributed by atoms with van der Waals surface area (Å²) in [7, 11) is 3.80. The number of tetrazole rings is 1. The number of rotatable bonds is 6. The SMILES string of the molecule is CNC(Cc1nnn(C)n1)CC(C)CC(C)(C)C. The van der Waals surface area contributed by atoms with Crippen LogP contribution in [-0.4, -0.2) is 33.3 Å². The van der Waals surface area contributed by atoms with Crippen molar-refractivity contribution < 1.29 is 0 Å². The molecule has 0 aliphatic carbocycles. The van der Waals surface area contributed by atoms with E-state index in [4.69, 9.17) is 0 Å². The van der Waals surface area contributed by atoms with Crippen molar-refractivity contribution in [2.45, 2.75) is 53.0 Å². The van der Waals surface area contributed by atoms with Crippen LogP contribution in [0.15, 0.2) is 0 Å². The van der Waals surface area contributed by atoms with Gasteiger partial charge in [0.2, 0.25) is 0 Å². The van der Waals surface area contributed by atoms with Crippen molar-refractivity contribution in [1.82, 2.24) is 25.5 Å². The smallest absolute Gasteiger partial charge is 0.176 e. The summed E-state index contributed by atoms with van der Waals surface area (Å²) in [6.07, 6.45) is 3.23. The van der Waals surface area contributed by atoms with E-state index in [-0.39, 0.29) is 0 Å². The van der Waals surface area contributed by atoms with Crippen LogP contribution in [0.4, 0.5) is 0 Å². The summed E-state index contributed by atoms with van der Waals surface area (Å²) in [5.74, 6) is 1.51. The van der Waals surface area contributed by atoms with Crippen LogP contribution in [0.25, 0.3) is 0 Å². The fourth-order valence-corrected chi connectivity index (χ4v) is 2.54. The summed E-state index contributed by atoms with van der Waals surface area (Å²) in [4.78, 5) is 1.51. The average Bonchev–Trinajstić information content (AvgIpc) is 2.60. The van der Waals surface area contributed by atoms with Gasteiger partial charge in [-0.25, -0.2) is 0 Å². The first kappa shape index (κ1) is 15.1. The van der Waals surface area contributed by atoms with Crippen molar-refractivity contribution in [2.24, 2.45) is 18.4 Å². The zero-order chi connectivity index (χ0) is 13.8. The molecule has 0 spiro atoms. The topological polar surface area (TPSA) is 55.6 Å². The zero-order valence-electron chi connectivity index (χ0n) is 12.6. The van der Waals surface area contributed by atoms with Crippen molar-refractivity contribution in [3.05, 3.63) is 5.82 Å². The molecule has 104 valence electrons. The van der Waals surface area contributed by atoms with Crippen molar-refractivity contribution in [2.75, 3.05) is 7.05 Å². The van der Waals surface area contributed by atoms with Gasteiger partial charge in [0.15, 0.2) is 5.82 Å². The van der Waals surface area contributed by atoms with E-state index in [0.29, 0.717) is 17.4 Å². The Morgan fingerprint density at radius 1 is 1.33 bits per heavy atom. The normalized spacial score (nSPS) is 15.7. The molecule has 2 unspecified atom stereocenters. The van der Waals surface area contributed by atoms with Crippen LogP contribution in [0.5, 0.6) is 0 Å². The van der Waals surface area contributed by atoms with Crippen LogP contribution in [-0.2, 0) is 13.5 Å². The van der Waals surface area contributed by atoms with E-state index >= 15 is 0 Å². The quantitative estimate of drug-likeness (QED) is 0.840. The summed E-state index contributed by atoms with van der Waals surface area (Å²) in [6.45, 7) is 9.20. The summed E-state index contributed by atoms with van der Waals surface area (Å²) in [5, 5.41) is 15.5. The van der Waals surface area contributed by atoms with Gasteiger partial charge in [0, 0.05) is 12.5 Å². The van der Waals surface area contributed by atoms with Crippen LogP contribution >= 0.6 is 0 Å². The second-order valence-electron chi connectivity index (χ2n) is 6.49. The highest BCUT2D eigenvalue weighted by molar-refractivity contribution is 4.85. The Balaban J connectivity index is 2.46. The fourth-order valence-electron chi connectivity index (χ4n) is 2.54. The van der Waals surface area contributed by atoms with Crippen LogP contribution in [0.1, 0.15) is 46.4 Å². The molecule has 0 aliphatic heterocycles. The van der Waals surface area contributed by atoms with E-state index in [1.807, 2.05) is 7.05 Å². The predicted molar refractivity (Wildman–Crippen MR) is 73.2 cm³/mol. The molecule has 1 heterocycles. The fraction of sp³-hybridized carbons (Fsp3) is 0.923. The molecular formula is C13H27N5. The lowest BCUT2D eigenvalue weighted by Gasteiger charge is -2.26. The minimum Gasteiger partial charge on any atom is -0.317 e. The van der Waals surface area contributed by atoms with Crippen LogP contribution in [0.2, 0.25) is 0 Å². The molecule has 0 radical (unpaired) electrons. The minimum absolute atomic E-state index is 0.391. The third kappa shape index (κ3) is 5.58. The predicted octanol–water partition coefficient (Wildman–Crippen LogP) is 1.80. The first-order valence-corrected chi connectivity index (χ1v) is 6.70. The van der Waals surface area contributed by atoms with Crippen molar-refractivity contribution in [1.29, 1.82) is 0 Å². The lowest BCUT2D eigenvalue weighted by molar-refractivity contribution is 0.276. The Kier molecular flexibility index (Phi) is 5.26. The molecule has 18 heavy (non-hydrogen) atoms. The van der Waals surface area contributed by atoms with Gasteiger partial charge in [0.25, 0.3) is 0 Å². The molecule has 5 nitrogen and oxygen atoms in total. The maximum atomic E-state index is 4.23. The Morgan fingerprint density at radius 3 is 2.44 bits per heavy atom. The standard InChI is InChI=1S/C13H27N5/c1-10(9-13(2,3)4)7-11(14-5)8-12-15-17-18(6)16-12/h10-11,14H,7-9H2,1-6H3. The highest BCUT2D eigenvalue weighted by Crippen LogP contribution is 2.26.